The van der Waals surface area contributed by atoms with Crippen LogP contribution < -0.4 is 15.8 Å². The zero-order valence-electron chi connectivity index (χ0n) is 14.7. The number of hydrogen-bond donors (Lipinski definition) is 2. The molecule has 4 rings (SSSR count). The topological polar surface area (TPSA) is 77.2 Å². The van der Waals surface area contributed by atoms with E-state index in [0.29, 0.717) is 34.4 Å². The summed E-state index contributed by atoms with van der Waals surface area (Å²) in [6.45, 7) is 0.366. The number of benzene rings is 2. The van der Waals surface area contributed by atoms with E-state index in [0.717, 1.165) is 15.6 Å². The Morgan fingerprint density at radius 1 is 1.18 bits per heavy atom. The van der Waals surface area contributed by atoms with Crippen LogP contribution >= 0.6 is 22.9 Å². The number of fused-ring (bicyclic) bond motifs is 1. The summed E-state index contributed by atoms with van der Waals surface area (Å²) >= 11 is 7.47. The Bertz CT molecular complexity index is 1140. The van der Waals surface area contributed by atoms with Crippen LogP contribution in [0.1, 0.15) is 15.9 Å². The molecule has 0 fully saturated rings. The molecule has 0 aliphatic rings. The number of aromatic nitrogens is 1. The maximum Gasteiger partial charge on any atom is 0.255 e. The largest absolute Gasteiger partial charge is 0.489 e. The maximum absolute atomic E-state index is 12.4. The third-order valence-electron chi connectivity index (χ3n) is 4.18. The molecule has 0 aliphatic carbocycles. The van der Waals surface area contributed by atoms with Crippen LogP contribution in [0.2, 0.25) is 5.02 Å². The molecular formula is C21H16ClN3O2S. The highest BCUT2D eigenvalue weighted by Gasteiger charge is 2.10. The number of thiophene rings is 1. The first-order valence-corrected chi connectivity index (χ1v) is 9.76. The number of carbonyl (C=O) groups excluding carboxylic acids is 1. The highest BCUT2D eigenvalue weighted by Crippen LogP contribution is 2.30. The fourth-order valence-corrected chi connectivity index (χ4v) is 3.88. The fraction of sp³-hybridized carbons (Fsp3) is 0.0476. The van der Waals surface area contributed by atoms with Crippen LogP contribution in [0.3, 0.4) is 0 Å². The number of carbonyl (C=O) groups is 1. The van der Waals surface area contributed by atoms with Crippen molar-refractivity contribution in [1.29, 1.82) is 0 Å². The SMILES string of the molecule is Nc1nccc2scc(COc3cccc(NC(=O)c4ccc(Cl)cc4)c3)c12. The van der Waals surface area contributed by atoms with Crippen molar-refractivity contribution >= 4 is 50.4 Å². The molecule has 2 aromatic carbocycles. The van der Waals surface area contributed by atoms with Crippen molar-refractivity contribution in [2.24, 2.45) is 0 Å². The number of rotatable bonds is 5. The lowest BCUT2D eigenvalue weighted by Crippen LogP contribution is -2.11. The summed E-state index contributed by atoms with van der Waals surface area (Å²) in [5, 5.41) is 6.40. The van der Waals surface area contributed by atoms with E-state index in [2.05, 4.69) is 10.3 Å². The van der Waals surface area contributed by atoms with Gasteiger partial charge >= 0.3 is 0 Å². The summed E-state index contributed by atoms with van der Waals surface area (Å²) in [5.41, 5.74) is 8.16. The van der Waals surface area contributed by atoms with E-state index < -0.39 is 0 Å². The first kappa shape index (κ1) is 18.3. The number of pyridine rings is 1. The second-order valence-corrected chi connectivity index (χ2v) is 7.46. The summed E-state index contributed by atoms with van der Waals surface area (Å²) in [6.07, 6.45) is 1.70. The van der Waals surface area contributed by atoms with Crippen molar-refractivity contribution in [3.05, 3.63) is 82.3 Å². The Hall–Kier alpha value is -3.09. The van der Waals surface area contributed by atoms with Crippen molar-refractivity contribution < 1.29 is 9.53 Å². The molecule has 0 bridgehead atoms. The van der Waals surface area contributed by atoms with Crippen LogP contribution in [-0.2, 0) is 6.61 Å². The summed E-state index contributed by atoms with van der Waals surface area (Å²) in [4.78, 5) is 16.5. The molecule has 0 radical (unpaired) electrons. The van der Waals surface area contributed by atoms with Gasteiger partial charge in [0.15, 0.2) is 0 Å². The van der Waals surface area contributed by atoms with Crippen LogP contribution in [0.4, 0.5) is 11.5 Å². The molecule has 2 aromatic heterocycles. The molecule has 0 atom stereocenters. The number of anilines is 2. The van der Waals surface area contributed by atoms with Crippen molar-refractivity contribution in [3.8, 4) is 5.75 Å². The molecule has 3 N–H and O–H groups in total. The smallest absolute Gasteiger partial charge is 0.255 e. The fourth-order valence-electron chi connectivity index (χ4n) is 2.81. The average Bonchev–Trinajstić information content (AvgIpc) is 3.12. The molecule has 4 aromatic rings. The normalized spacial score (nSPS) is 10.8. The van der Waals surface area contributed by atoms with Crippen LogP contribution in [0.25, 0.3) is 10.1 Å². The number of hydrogen-bond acceptors (Lipinski definition) is 5. The summed E-state index contributed by atoms with van der Waals surface area (Å²) in [5.74, 6) is 0.938. The van der Waals surface area contributed by atoms with Gasteiger partial charge in [-0.3, -0.25) is 4.79 Å². The van der Waals surface area contributed by atoms with Crippen LogP contribution in [0.15, 0.2) is 66.2 Å². The number of ether oxygens (including phenoxy) is 1. The Labute approximate surface area is 170 Å². The predicted octanol–water partition coefficient (Wildman–Crippen LogP) is 5.36. The highest BCUT2D eigenvalue weighted by atomic mass is 35.5. The molecule has 140 valence electrons. The Kier molecular flexibility index (Phi) is 5.14. The number of nitrogens with one attached hydrogen (secondary N) is 1. The first-order valence-electron chi connectivity index (χ1n) is 8.50. The van der Waals surface area contributed by atoms with E-state index >= 15 is 0 Å². The van der Waals surface area contributed by atoms with E-state index in [-0.39, 0.29) is 5.91 Å². The molecule has 7 heteroatoms. The Balaban J connectivity index is 1.46. The van der Waals surface area contributed by atoms with Crippen molar-refractivity contribution in [3.63, 3.8) is 0 Å². The molecule has 0 saturated heterocycles. The Morgan fingerprint density at radius 2 is 2.00 bits per heavy atom. The molecule has 28 heavy (non-hydrogen) atoms. The van der Waals surface area contributed by atoms with E-state index in [4.69, 9.17) is 22.1 Å². The lowest BCUT2D eigenvalue weighted by atomic mass is 10.2. The van der Waals surface area contributed by atoms with Gasteiger partial charge in [0, 0.05) is 44.2 Å². The van der Waals surface area contributed by atoms with Gasteiger partial charge in [-0.1, -0.05) is 17.7 Å². The monoisotopic (exact) mass is 409 g/mol. The second kappa shape index (κ2) is 7.88. The van der Waals surface area contributed by atoms with Gasteiger partial charge in [-0.2, -0.15) is 0 Å². The van der Waals surface area contributed by atoms with Crippen LogP contribution in [0.5, 0.6) is 5.75 Å². The number of nitrogen functional groups attached to an aromatic ring is 1. The lowest BCUT2D eigenvalue weighted by Gasteiger charge is -2.09. The van der Waals surface area contributed by atoms with E-state index in [1.807, 2.05) is 29.6 Å². The minimum atomic E-state index is -0.212. The van der Waals surface area contributed by atoms with Gasteiger partial charge in [-0.15, -0.1) is 11.3 Å². The van der Waals surface area contributed by atoms with Gasteiger partial charge in [0.05, 0.1) is 0 Å². The number of nitrogens with zero attached hydrogens (tertiary/aromatic N) is 1. The molecule has 0 saturated carbocycles. The molecule has 0 spiro atoms. The first-order chi connectivity index (χ1) is 13.6. The lowest BCUT2D eigenvalue weighted by molar-refractivity contribution is 0.102. The quantitative estimate of drug-likeness (QED) is 0.465. The van der Waals surface area contributed by atoms with E-state index in [9.17, 15) is 4.79 Å². The Morgan fingerprint density at radius 3 is 2.82 bits per heavy atom. The third kappa shape index (κ3) is 3.93. The van der Waals surface area contributed by atoms with Gasteiger partial charge < -0.3 is 15.8 Å². The van der Waals surface area contributed by atoms with Crippen LogP contribution in [-0.4, -0.2) is 10.9 Å². The maximum atomic E-state index is 12.4. The van der Waals surface area contributed by atoms with Gasteiger partial charge in [-0.25, -0.2) is 4.98 Å². The summed E-state index contributed by atoms with van der Waals surface area (Å²) in [7, 11) is 0. The van der Waals surface area contributed by atoms with Crippen molar-refractivity contribution in [1.82, 2.24) is 4.98 Å². The average molecular weight is 410 g/mol. The van der Waals surface area contributed by atoms with Crippen LogP contribution in [0, 0.1) is 0 Å². The zero-order chi connectivity index (χ0) is 19.5. The molecule has 1 amide bonds. The summed E-state index contributed by atoms with van der Waals surface area (Å²) in [6, 6.07) is 15.9. The van der Waals surface area contributed by atoms with E-state index in [1.165, 1.54) is 0 Å². The standard InChI is InChI=1S/C21H16ClN3O2S/c22-15-6-4-13(5-7-15)21(26)25-16-2-1-3-17(10-16)27-11-14-12-28-18-8-9-24-20(23)19(14)18/h1-10,12H,11H2,(H2,23,24)(H,25,26). The summed E-state index contributed by atoms with van der Waals surface area (Å²) < 4.78 is 6.99. The van der Waals surface area contributed by atoms with Gasteiger partial charge in [0.25, 0.3) is 5.91 Å². The van der Waals surface area contributed by atoms with Crippen molar-refractivity contribution in [2.75, 3.05) is 11.1 Å². The minimum Gasteiger partial charge on any atom is -0.489 e. The third-order valence-corrected chi connectivity index (χ3v) is 5.43. The molecule has 0 unspecified atom stereocenters. The van der Waals surface area contributed by atoms with Gasteiger partial charge in [-0.05, 0) is 47.8 Å². The molecular weight excluding hydrogens is 394 g/mol. The van der Waals surface area contributed by atoms with E-state index in [1.54, 1.807) is 47.9 Å². The van der Waals surface area contributed by atoms with Gasteiger partial charge in [0.2, 0.25) is 0 Å². The molecule has 2 heterocycles. The molecule has 0 aliphatic heterocycles. The second-order valence-electron chi connectivity index (χ2n) is 6.11. The zero-order valence-corrected chi connectivity index (χ0v) is 16.3. The predicted molar refractivity (Wildman–Crippen MR) is 114 cm³/mol. The van der Waals surface area contributed by atoms with Crippen molar-refractivity contribution in [2.45, 2.75) is 6.61 Å². The highest BCUT2D eigenvalue weighted by molar-refractivity contribution is 7.17. The molecule has 5 nitrogen and oxygen atoms in total. The number of halogens is 1. The number of amides is 1. The number of nitrogens with two attached hydrogens (primary N) is 1. The minimum absolute atomic E-state index is 0.212. The van der Waals surface area contributed by atoms with Gasteiger partial charge in [0.1, 0.15) is 18.2 Å².